The van der Waals surface area contributed by atoms with Crippen molar-refractivity contribution in [1.82, 2.24) is 10.0 Å². The van der Waals surface area contributed by atoms with E-state index in [2.05, 4.69) is 10.0 Å². The molecular formula is C12H19FN2O2S. The summed E-state index contributed by atoms with van der Waals surface area (Å²) in [6, 6.07) is 2.46. The minimum atomic E-state index is -3.56. The Labute approximate surface area is 108 Å². The smallest absolute Gasteiger partial charge is 0.241 e. The average molecular weight is 274 g/mol. The third kappa shape index (κ3) is 3.76. The molecule has 0 aliphatic heterocycles. The minimum absolute atomic E-state index is 0.174. The van der Waals surface area contributed by atoms with Crippen molar-refractivity contribution in [1.29, 1.82) is 0 Å². The van der Waals surface area contributed by atoms with E-state index in [9.17, 15) is 12.8 Å². The van der Waals surface area contributed by atoms with E-state index < -0.39 is 15.8 Å². The first-order valence-corrected chi connectivity index (χ1v) is 7.28. The highest BCUT2D eigenvalue weighted by atomic mass is 32.2. The van der Waals surface area contributed by atoms with Crippen LogP contribution in [-0.4, -0.2) is 28.6 Å². The second-order valence-electron chi connectivity index (χ2n) is 4.22. The first-order valence-electron chi connectivity index (χ1n) is 5.79. The van der Waals surface area contributed by atoms with Gasteiger partial charge in [-0.15, -0.1) is 0 Å². The third-order valence-electron chi connectivity index (χ3n) is 2.59. The lowest BCUT2D eigenvalue weighted by Gasteiger charge is -2.12. The number of rotatable bonds is 6. The van der Waals surface area contributed by atoms with Crippen LogP contribution in [0.25, 0.3) is 0 Å². The van der Waals surface area contributed by atoms with Gasteiger partial charge in [0.1, 0.15) is 5.82 Å². The molecule has 1 aromatic carbocycles. The maximum Gasteiger partial charge on any atom is 0.241 e. The van der Waals surface area contributed by atoms with Crippen LogP contribution in [0.15, 0.2) is 17.0 Å². The molecule has 4 nitrogen and oxygen atoms in total. The zero-order chi connectivity index (χ0) is 13.8. The Morgan fingerprint density at radius 3 is 2.22 bits per heavy atom. The summed E-state index contributed by atoms with van der Waals surface area (Å²) in [5.74, 6) is -0.417. The Morgan fingerprint density at radius 2 is 1.72 bits per heavy atom. The van der Waals surface area contributed by atoms with Crippen molar-refractivity contribution in [3.8, 4) is 0 Å². The molecule has 18 heavy (non-hydrogen) atoms. The molecule has 0 bridgehead atoms. The number of hydrogen-bond donors (Lipinski definition) is 2. The highest BCUT2D eigenvalue weighted by molar-refractivity contribution is 7.89. The first kappa shape index (κ1) is 15.1. The maximum atomic E-state index is 13.1. The molecule has 0 aliphatic carbocycles. The summed E-state index contributed by atoms with van der Waals surface area (Å²) in [6.07, 6.45) is 0.703. The van der Waals surface area contributed by atoms with E-state index >= 15 is 0 Å². The molecule has 0 radical (unpaired) electrons. The van der Waals surface area contributed by atoms with Gasteiger partial charge in [-0.1, -0.05) is 0 Å². The normalized spacial score (nSPS) is 11.8. The van der Waals surface area contributed by atoms with Crippen molar-refractivity contribution < 1.29 is 12.8 Å². The number of benzene rings is 1. The Morgan fingerprint density at radius 1 is 1.17 bits per heavy atom. The third-order valence-corrected chi connectivity index (χ3v) is 4.36. The van der Waals surface area contributed by atoms with Gasteiger partial charge in [-0.2, -0.15) is 0 Å². The van der Waals surface area contributed by atoms with Gasteiger partial charge in [-0.25, -0.2) is 17.5 Å². The lowest BCUT2D eigenvalue weighted by atomic mass is 10.1. The Balaban J connectivity index is 2.92. The summed E-state index contributed by atoms with van der Waals surface area (Å²) in [6.45, 7) is 4.29. The fourth-order valence-corrected chi connectivity index (χ4v) is 3.39. The molecule has 1 aromatic rings. The predicted molar refractivity (Wildman–Crippen MR) is 69.6 cm³/mol. The van der Waals surface area contributed by atoms with Crippen molar-refractivity contribution >= 4 is 10.0 Å². The van der Waals surface area contributed by atoms with Gasteiger partial charge in [0.2, 0.25) is 10.0 Å². The Kier molecular flexibility index (Phi) is 5.25. The molecule has 2 N–H and O–H groups in total. The molecule has 0 atom stereocenters. The number of aryl methyl sites for hydroxylation is 2. The summed E-state index contributed by atoms with van der Waals surface area (Å²) in [4.78, 5) is 0.174. The molecule has 0 amide bonds. The number of hydrogen-bond acceptors (Lipinski definition) is 3. The van der Waals surface area contributed by atoms with Gasteiger partial charge in [0, 0.05) is 6.54 Å². The van der Waals surface area contributed by atoms with Crippen LogP contribution in [0.5, 0.6) is 0 Å². The molecular weight excluding hydrogens is 255 g/mol. The van der Waals surface area contributed by atoms with Gasteiger partial charge in [0.05, 0.1) is 4.90 Å². The summed E-state index contributed by atoms with van der Waals surface area (Å²) < 4.78 is 39.8. The van der Waals surface area contributed by atoms with Crippen molar-refractivity contribution in [2.24, 2.45) is 0 Å². The zero-order valence-electron chi connectivity index (χ0n) is 10.9. The summed E-state index contributed by atoms with van der Waals surface area (Å²) in [5, 5.41) is 2.94. The first-order chi connectivity index (χ1) is 8.38. The number of nitrogens with one attached hydrogen (secondary N) is 2. The highest BCUT2D eigenvalue weighted by Gasteiger charge is 2.19. The monoisotopic (exact) mass is 274 g/mol. The van der Waals surface area contributed by atoms with Crippen molar-refractivity contribution in [3.63, 3.8) is 0 Å². The lowest BCUT2D eigenvalue weighted by molar-refractivity contribution is 0.574. The average Bonchev–Trinajstić information content (AvgIpc) is 2.22. The summed E-state index contributed by atoms with van der Waals surface area (Å²) >= 11 is 0. The largest absolute Gasteiger partial charge is 0.320 e. The quantitative estimate of drug-likeness (QED) is 0.769. The second kappa shape index (κ2) is 6.26. The second-order valence-corrected chi connectivity index (χ2v) is 5.93. The van der Waals surface area contributed by atoms with E-state index in [-0.39, 0.29) is 4.90 Å². The molecule has 102 valence electrons. The van der Waals surface area contributed by atoms with Crippen LogP contribution in [0.2, 0.25) is 0 Å². The predicted octanol–water partition coefficient (Wildman–Crippen LogP) is 1.33. The Bertz CT molecular complexity index is 492. The molecule has 6 heteroatoms. The topological polar surface area (TPSA) is 58.2 Å². The van der Waals surface area contributed by atoms with Gasteiger partial charge < -0.3 is 5.32 Å². The van der Waals surface area contributed by atoms with E-state index in [0.717, 1.165) is 6.54 Å². The molecule has 0 heterocycles. The fraction of sp³-hybridized carbons (Fsp3) is 0.500. The van der Waals surface area contributed by atoms with Gasteiger partial charge in [0.15, 0.2) is 0 Å². The zero-order valence-corrected chi connectivity index (χ0v) is 11.7. The van der Waals surface area contributed by atoms with Crippen LogP contribution < -0.4 is 10.0 Å². The molecule has 0 unspecified atom stereocenters. The van der Waals surface area contributed by atoms with Gasteiger partial charge in [0.25, 0.3) is 0 Å². The van der Waals surface area contributed by atoms with E-state index in [0.29, 0.717) is 24.1 Å². The fourth-order valence-electron chi connectivity index (χ4n) is 1.87. The molecule has 1 rings (SSSR count). The molecule has 0 fully saturated rings. The standard InChI is InChI=1S/C12H19FN2O2S/c1-9-7-11(13)8-10(2)12(9)18(16,17)15-6-4-5-14-3/h7-8,14-15H,4-6H2,1-3H3. The van der Waals surface area contributed by atoms with Gasteiger partial charge in [-0.3, -0.25) is 0 Å². The van der Waals surface area contributed by atoms with Gasteiger partial charge in [-0.05, 0) is 57.1 Å². The van der Waals surface area contributed by atoms with Crippen molar-refractivity contribution in [2.45, 2.75) is 25.2 Å². The van der Waals surface area contributed by atoms with E-state index in [1.807, 2.05) is 7.05 Å². The minimum Gasteiger partial charge on any atom is -0.320 e. The van der Waals surface area contributed by atoms with Crippen LogP contribution in [0.4, 0.5) is 4.39 Å². The van der Waals surface area contributed by atoms with E-state index in [4.69, 9.17) is 0 Å². The molecule has 0 aromatic heterocycles. The lowest BCUT2D eigenvalue weighted by Crippen LogP contribution is -2.28. The molecule has 0 aliphatic rings. The SMILES string of the molecule is CNCCCNS(=O)(=O)c1c(C)cc(F)cc1C. The van der Waals surface area contributed by atoms with Crippen molar-refractivity contribution in [2.75, 3.05) is 20.1 Å². The number of sulfonamides is 1. The Hall–Kier alpha value is -0.980. The molecule has 0 saturated heterocycles. The highest BCUT2D eigenvalue weighted by Crippen LogP contribution is 2.20. The van der Waals surface area contributed by atoms with Crippen LogP contribution in [0.3, 0.4) is 0 Å². The van der Waals surface area contributed by atoms with E-state index in [1.54, 1.807) is 13.8 Å². The maximum absolute atomic E-state index is 13.1. The number of halogens is 1. The van der Waals surface area contributed by atoms with Gasteiger partial charge >= 0.3 is 0 Å². The van der Waals surface area contributed by atoms with Crippen molar-refractivity contribution in [3.05, 3.63) is 29.1 Å². The van der Waals surface area contributed by atoms with Crippen LogP contribution in [0, 0.1) is 19.7 Å². The summed E-state index contributed by atoms with van der Waals surface area (Å²) in [7, 11) is -1.75. The van der Waals surface area contributed by atoms with Crippen LogP contribution in [-0.2, 0) is 10.0 Å². The summed E-state index contributed by atoms with van der Waals surface area (Å²) in [5.41, 5.74) is 0.849. The van der Waals surface area contributed by atoms with Crippen LogP contribution >= 0.6 is 0 Å². The van der Waals surface area contributed by atoms with Crippen LogP contribution in [0.1, 0.15) is 17.5 Å². The van der Waals surface area contributed by atoms with E-state index in [1.165, 1.54) is 12.1 Å². The molecule has 0 saturated carbocycles. The molecule has 0 spiro atoms.